The molecule has 0 aromatic carbocycles. The van der Waals surface area contributed by atoms with E-state index in [2.05, 4.69) is 25.2 Å². The Labute approximate surface area is 80.3 Å². The molecule has 0 amide bonds. The SMILES string of the molecule is CCCNC(CC)c1ccoc1C. The second-order valence-electron chi connectivity index (χ2n) is 3.35. The van der Waals surface area contributed by atoms with Gasteiger partial charge in [-0.05, 0) is 32.4 Å². The van der Waals surface area contributed by atoms with E-state index in [0.717, 1.165) is 18.7 Å². The van der Waals surface area contributed by atoms with Gasteiger partial charge >= 0.3 is 0 Å². The molecule has 0 spiro atoms. The minimum absolute atomic E-state index is 0.457. The highest BCUT2D eigenvalue weighted by Crippen LogP contribution is 2.21. The first-order chi connectivity index (χ1) is 6.29. The van der Waals surface area contributed by atoms with Crippen LogP contribution in [-0.2, 0) is 0 Å². The van der Waals surface area contributed by atoms with Crippen LogP contribution in [0.25, 0.3) is 0 Å². The fourth-order valence-corrected chi connectivity index (χ4v) is 1.55. The van der Waals surface area contributed by atoms with Crippen molar-refractivity contribution in [2.24, 2.45) is 0 Å². The highest BCUT2D eigenvalue weighted by molar-refractivity contribution is 5.19. The highest BCUT2D eigenvalue weighted by Gasteiger charge is 2.12. The molecule has 0 aliphatic rings. The summed E-state index contributed by atoms with van der Waals surface area (Å²) < 4.78 is 5.29. The van der Waals surface area contributed by atoms with Crippen molar-refractivity contribution >= 4 is 0 Å². The van der Waals surface area contributed by atoms with Gasteiger partial charge in [-0.15, -0.1) is 0 Å². The summed E-state index contributed by atoms with van der Waals surface area (Å²) >= 11 is 0. The van der Waals surface area contributed by atoms with Gasteiger partial charge in [-0.25, -0.2) is 0 Å². The van der Waals surface area contributed by atoms with E-state index in [0.29, 0.717) is 6.04 Å². The average Bonchev–Trinajstić information content (AvgIpc) is 2.54. The highest BCUT2D eigenvalue weighted by atomic mass is 16.3. The van der Waals surface area contributed by atoms with Crippen LogP contribution in [0.2, 0.25) is 0 Å². The first-order valence-electron chi connectivity index (χ1n) is 5.07. The maximum atomic E-state index is 5.29. The Morgan fingerprint density at radius 3 is 2.69 bits per heavy atom. The van der Waals surface area contributed by atoms with E-state index in [-0.39, 0.29) is 0 Å². The Morgan fingerprint density at radius 2 is 2.23 bits per heavy atom. The fraction of sp³-hybridized carbons (Fsp3) is 0.636. The molecule has 0 fully saturated rings. The lowest BCUT2D eigenvalue weighted by Crippen LogP contribution is -2.21. The second-order valence-corrected chi connectivity index (χ2v) is 3.35. The molecule has 0 radical (unpaired) electrons. The van der Waals surface area contributed by atoms with Gasteiger partial charge in [-0.2, -0.15) is 0 Å². The molecular formula is C11H19NO. The van der Waals surface area contributed by atoms with Gasteiger partial charge in [-0.3, -0.25) is 0 Å². The first-order valence-corrected chi connectivity index (χ1v) is 5.07. The zero-order valence-corrected chi connectivity index (χ0v) is 8.76. The van der Waals surface area contributed by atoms with Crippen LogP contribution in [0, 0.1) is 6.92 Å². The molecule has 13 heavy (non-hydrogen) atoms. The van der Waals surface area contributed by atoms with E-state index in [1.165, 1.54) is 12.0 Å². The lowest BCUT2D eigenvalue weighted by molar-refractivity contribution is 0.488. The minimum atomic E-state index is 0.457. The van der Waals surface area contributed by atoms with E-state index in [9.17, 15) is 0 Å². The molecule has 2 heteroatoms. The van der Waals surface area contributed by atoms with Gasteiger partial charge in [0.2, 0.25) is 0 Å². The Morgan fingerprint density at radius 1 is 1.46 bits per heavy atom. The molecular weight excluding hydrogens is 162 g/mol. The Bertz CT molecular complexity index is 242. The fourth-order valence-electron chi connectivity index (χ4n) is 1.55. The largest absolute Gasteiger partial charge is 0.469 e. The van der Waals surface area contributed by atoms with Crippen molar-refractivity contribution in [1.82, 2.24) is 5.32 Å². The van der Waals surface area contributed by atoms with E-state index in [4.69, 9.17) is 4.42 Å². The van der Waals surface area contributed by atoms with Crippen LogP contribution >= 0.6 is 0 Å². The monoisotopic (exact) mass is 181 g/mol. The average molecular weight is 181 g/mol. The quantitative estimate of drug-likeness (QED) is 0.755. The number of hydrogen-bond acceptors (Lipinski definition) is 2. The number of rotatable bonds is 5. The Hall–Kier alpha value is -0.760. The molecule has 74 valence electrons. The van der Waals surface area contributed by atoms with Crippen LogP contribution in [0.15, 0.2) is 16.7 Å². The first kappa shape index (κ1) is 10.3. The molecule has 1 aromatic rings. The van der Waals surface area contributed by atoms with Crippen LogP contribution in [0.4, 0.5) is 0 Å². The third-order valence-corrected chi connectivity index (χ3v) is 2.32. The van der Waals surface area contributed by atoms with Gasteiger partial charge in [0.05, 0.1) is 6.26 Å². The Kier molecular flexibility index (Phi) is 4.03. The molecule has 0 aliphatic carbocycles. The number of nitrogens with one attached hydrogen (secondary N) is 1. The predicted molar refractivity (Wildman–Crippen MR) is 54.8 cm³/mol. The summed E-state index contributed by atoms with van der Waals surface area (Å²) in [5.74, 6) is 1.04. The van der Waals surface area contributed by atoms with Crippen LogP contribution in [0.1, 0.15) is 44.1 Å². The maximum Gasteiger partial charge on any atom is 0.105 e. The summed E-state index contributed by atoms with van der Waals surface area (Å²) in [5.41, 5.74) is 1.30. The summed E-state index contributed by atoms with van der Waals surface area (Å²) in [6.07, 6.45) is 4.05. The van der Waals surface area contributed by atoms with Crippen molar-refractivity contribution in [1.29, 1.82) is 0 Å². The normalized spacial score (nSPS) is 13.2. The van der Waals surface area contributed by atoms with E-state index >= 15 is 0 Å². The molecule has 1 aromatic heterocycles. The number of aryl methyl sites for hydroxylation is 1. The van der Waals surface area contributed by atoms with E-state index in [1.807, 2.05) is 6.92 Å². The number of hydrogen-bond donors (Lipinski definition) is 1. The smallest absolute Gasteiger partial charge is 0.105 e. The lowest BCUT2D eigenvalue weighted by Gasteiger charge is -2.15. The molecule has 1 unspecified atom stereocenters. The van der Waals surface area contributed by atoms with Gasteiger partial charge in [0.25, 0.3) is 0 Å². The topological polar surface area (TPSA) is 25.2 Å². The second kappa shape index (κ2) is 5.07. The van der Waals surface area contributed by atoms with Crippen molar-refractivity contribution in [3.8, 4) is 0 Å². The summed E-state index contributed by atoms with van der Waals surface area (Å²) in [5, 5.41) is 3.50. The standard InChI is InChI=1S/C11H19NO/c1-4-7-12-11(5-2)10-6-8-13-9(10)3/h6,8,11-12H,4-5,7H2,1-3H3. The van der Waals surface area contributed by atoms with Gasteiger partial charge in [-0.1, -0.05) is 13.8 Å². The van der Waals surface area contributed by atoms with Gasteiger partial charge in [0, 0.05) is 11.6 Å². The van der Waals surface area contributed by atoms with Crippen molar-refractivity contribution in [2.45, 2.75) is 39.7 Å². The van der Waals surface area contributed by atoms with Gasteiger partial charge < -0.3 is 9.73 Å². The molecule has 0 bridgehead atoms. The molecule has 1 N–H and O–H groups in total. The molecule has 2 nitrogen and oxygen atoms in total. The van der Waals surface area contributed by atoms with E-state index < -0.39 is 0 Å². The molecule has 1 heterocycles. The van der Waals surface area contributed by atoms with Gasteiger partial charge in [0.15, 0.2) is 0 Å². The van der Waals surface area contributed by atoms with Crippen molar-refractivity contribution in [2.75, 3.05) is 6.54 Å². The van der Waals surface area contributed by atoms with Crippen LogP contribution in [0.5, 0.6) is 0 Å². The molecule has 0 saturated carbocycles. The molecule has 0 aliphatic heterocycles. The summed E-state index contributed by atoms with van der Waals surface area (Å²) in [6, 6.07) is 2.52. The summed E-state index contributed by atoms with van der Waals surface area (Å²) in [6.45, 7) is 7.47. The van der Waals surface area contributed by atoms with Gasteiger partial charge in [0.1, 0.15) is 5.76 Å². The van der Waals surface area contributed by atoms with E-state index in [1.54, 1.807) is 6.26 Å². The lowest BCUT2D eigenvalue weighted by atomic mass is 10.1. The zero-order valence-electron chi connectivity index (χ0n) is 8.76. The number of furan rings is 1. The maximum absolute atomic E-state index is 5.29. The summed E-state index contributed by atoms with van der Waals surface area (Å²) in [7, 11) is 0. The third-order valence-electron chi connectivity index (χ3n) is 2.32. The van der Waals surface area contributed by atoms with Crippen molar-refractivity contribution < 1.29 is 4.42 Å². The predicted octanol–water partition coefficient (Wildman–Crippen LogP) is 3.04. The third kappa shape index (κ3) is 2.59. The van der Waals surface area contributed by atoms with Crippen LogP contribution in [-0.4, -0.2) is 6.54 Å². The van der Waals surface area contributed by atoms with Crippen molar-refractivity contribution in [3.05, 3.63) is 23.7 Å². The van der Waals surface area contributed by atoms with Crippen molar-refractivity contribution in [3.63, 3.8) is 0 Å². The van der Waals surface area contributed by atoms with Crippen LogP contribution < -0.4 is 5.32 Å². The molecule has 0 saturated heterocycles. The minimum Gasteiger partial charge on any atom is -0.469 e. The molecule has 1 rings (SSSR count). The summed E-state index contributed by atoms with van der Waals surface area (Å²) in [4.78, 5) is 0. The Balaban J connectivity index is 2.61. The molecule has 1 atom stereocenters. The van der Waals surface area contributed by atoms with Crippen LogP contribution in [0.3, 0.4) is 0 Å². The zero-order chi connectivity index (χ0) is 9.68.